The molecule has 3 nitrogen and oxygen atoms in total. The zero-order valence-electron chi connectivity index (χ0n) is 13.9. The van der Waals surface area contributed by atoms with Crippen molar-refractivity contribution >= 4 is 11.3 Å². The smallest absolute Gasteiger partial charge is 0.0530 e. The van der Waals surface area contributed by atoms with Crippen molar-refractivity contribution in [3.8, 4) is 0 Å². The topological polar surface area (TPSA) is 35.5 Å². The number of nitrogens with one attached hydrogen (secondary N) is 1. The van der Waals surface area contributed by atoms with Crippen LogP contribution in [0.2, 0.25) is 0 Å². The van der Waals surface area contributed by atoms with E-state index in [1.165, 1.54) is 5.69 Å². The van der Waals surface area contributed by atoms with Crippen LogP contribution in [0.5, 0.6) is 0 Å². The summed E-state index contributed by atoms with van der Waals surface area (Å²) in [6.45, 7) is 12.0. The molecule has 0 spiro atoms. The molecule has 0 aromatic heterocycles. The maximum Gasteiger partial charge on any atom is 0.0530 e. The van der Waals surface area contributed by atoms with Gasteiger partial charge in [0.1, 0.15) is 0 Å². The van der Waals surface area contributed by atoms with E-state index in [2.05, 4.69) is 55.3 Å². The molecule has 0 aliphatic carbocycles. The molecule has 118 valence electrons. The van der Waals surface area contributed by atoms with Gasteiger partial charge in [-0.1, -0.05) is 49.9 Å². The highest BCUT2D eigenvalue weighted by Crippen LogP contribution is 2.25. The summed E-state index contributed by atoms with van der Waals surface area (Å²) in [6.07, 6.45) is 5.78. The second-order valence-corrected chi connectivity index (χ2v) is 5.64. The lowest BCUT2D eigenvalue weighted by Crippen LogP contribution is -2.08. The molecule has 0 fully saturated rings. The van der Waals surface area contributed by atoms with Crippen LogP contribution in [0.15, 0.2) is 66.9 Å². The zero-order chi connectivity index (χ0) is 16.7. The van der Waals surface area contributed by atoms with Crippen LogP contribution < -0.4 is 10.4 Å². The Morgan fingerprint density at radius 1 is 1.18 bits per heavy atom. The lowest BCUT2D eigenvalue weighted by Gasteiger charge is -2.15. The van der Waals surface area contributed by atoms with E-state index in [4.69, 9.17) is 5.21 Å². The number of allylic oxidation sites excluding steroid dienone is 5. The van der Waals surface area contributed by atoms with Gasteiger partial charge in [-0.2, -0.15) is 0 Å². The molecule has 0 amide bonds. The summed E-state index contributed by atoms with van der Waals surface area (Å²) in [7, 11) is 4.06. The Balaban J connectivity index is 2.79. The summed E-state index contributed by atoms with van der Waals surface area (Å²) in [5.74, 6) is 0.227. The first kappa shape index (κ1) is 17.8. The maximum atomic E-state index is 8.69. The molecule has 0 radical (unpaired) electrons. The quantitative estimate of drug-likeness (QED) is 0.578. The molecular formula is C19H26N2O. The van der Waals surface area contributed by atoms with Crippen molar-refractivity contribution in [2.24, 2.45) is 5.92 Å². The summed E-state index contributed by atoms with van der Waals surface area (Å²) in [5.41, 5.74) is 6.96. The Hall–Kier alpha value is -2.26. The van der Waals surface area contributed by atoms with E-state index in [-0.39, 0.29) is 5.92 Å². The van der Waals surface area contributed by atoms with Crippen LogP contribution in [0.3, 0.4) is 0 Å². The van der Waals surface area contributed by atoms with E-state index >= 15 is 0 Å². The molecule has 0 heterocycles. The number of hydrogen-bond acceptors (Lipinski definition) is 3. The monoisotopic (exact) mass is 298 g/mol. The highest BCUT2D eigenvalue weighted by atomic mass is 16.5. The van der Waals surface area contributed by atoms with Gasteiger partial charge in [-0.15, -0.1) is 0 Å². The van der Waals surface area contributed by atoms with Crippen LogP contribution in [0.1, 0.15) is 19.4 Å². The summed E-state index contributed by atoms with van der Waals surface area (Å²) < 4.78 is 0. The van der Waals surface area contributed by atoms with Crippen molar-refractivity contribution in [3.63, 3.8) is 0 Å². The molecule has 0 aliphatic heterocycles. The van der Waals surface area contributed by atoms with E-state index in [1.807, 2.05) is 32.6 Å². The molecule has 0 saturated carbocycles. The molecule has 0 bridgehead atoms. The lowest BCUT2D eigenvalue weighted by atomic mass is 9.93. The number of benzene rings is 1. The van der Waals surface area contributed by atoms with E-state index in [0.717, 1.165) is 16.7 Å². The summed E-state index contributed by atoms with van der Waals surface area (Å²) >= 11 is 0. The molecular weight excluding hydrogens is 272 g/mol. The van der Waals surface area contributed by atoms with Crippen LogP contribution in [-0.4, -0.2) is 19.3 Å². The lowest BCUT2D eigenvalue weighted by molar-refractivity contribution is 0.205. The molecule has 2 N–H and O–H groups in total. The normalized spacial score (nSPS) is 13.0. The number of nitrogens with zero attached hydrogens (tertiary/aromatic N) is 1. The Morgan fingerprint density at radius 2 is 1.77 bits per heavy atom. The Kier molecular flexibility index (Phi) is 6.67. The molecule has 22 heavy (non-hydrogen) atoms. The third kappa shape index (κ3) is 5.26. The maximum absolute atomic E-state index is 8.69. The first-order valence-electron chi connectivity index (χ1n) is 7.27. The van der Waals surface area contributed by atoms with E-state index in [9.17, 15) is 0 Å². The Labute approximate surface area is 133 Å². The fourth-order valence-corrected chi connectivity index (χ4v) is 2.06. The minimum absolute atomic E-state index is 0.227. The van der Waals surface area contributed by atoms with Crippen LogP contribution >= 0.6 is 0 Å². The first-order chi connectivity index (χ1) is 10.3. The van der Waals surface area contributed by atoms with E-state index in [1.54, 1.807) is 6.08 Å². The van der Waals surface area contributed by atoms with Gasteiger partial charge in [-0.05, 0) is 42.2 Å². The predicted octanol–water partition coefficient (Wildman–Crippen LogP) is 4.40. The fourth-order valence-electron chi connectivity index (χ4n) is 2.06. The molecule has 1 aromatic carbocycles. The number of anilines is 1. The van der Waals surface area contributed by atoms with Crippen molar-refractivity contribution in [3.05, 3.63) is 72.5 Å². The van der Waals surface area contributed by atoms with Gasteiger partial charge in [0.05, 0.1) is 5.70 Å². The van der Waals surface area contributed by atoms with Crippen molar-refractivity contribution in [2.45, 2.75) is 13.8 Å². The largest absolute Gasteiger partial charge is 0.378 e. The van der Waals surface area contributed by atoms with Gasteiger partial charge in [-0.3, -0.25) is 10.7 Å². The zero-order valence-corrected chi connectivity index (χ0v) is 13.9. The Morgan fingerprint density at radius 3 is 2.27 bits per heavy atom. The summed E-state index contributed by atoms with van der Waals surface area (Å²) in [5, 5.41) is 8.69. The SMILES string of the molecule is C=C(/C=C/C(C)=C/[C@@H](C)C(=C)c1ccc(N(C)C)cc1)NO. The van der Waals surface area contributed by atoms with Gasteiger partial charge in [0, 0.05) is 19.8 Å². The van der Waals surface area contributed by atoms with Gasteiger partial charge in [0.15, 0.2) is 0 Å². The molecule has 1 aromatic rings. The van der Waals surface area contributed by atoms with Gasteiger partial charge in [0.2, 0.25) is 0 Å². The van der Waals surface area contributed by atoms with Crippen molar-refractivity contribution in [1.82, 2.24) is 5.48 Å². The van der Waals surface area contributed by atoms with Crippen molar-refractivity contribution in [2.75, 3.05) is 19.0 Å². The van der Waals surface area contributed by atoms with Crippen LogP contribution in [0.4, 0.5) is 5.69 Å². The third-order valence-electron chi connectivity index (χ3n) is 3.51. The highest BCUT2D eigenvalue weighted by Gasteiger charge is 2.07. The second-order valence-electron chi connectivity index (χ2n) is 5.64. The molecule has 3 heteroatoms. The Bertz CT molecular complexity index is 580. The second kappa shape index (κ2) is 8.25. The average Bonchev–Trinajstić information content (AvgIpc) is 2.51. The average molecular weight is 298 g/mol. The van der Waals surface area contributed by atoms with Gasteiger partial charge >= 0.3 is 0 Å². The van der Waals surface area contributed by atoms with Gasteiger partial charge < -0.3 is 4.90 Å². The predicted molar refractivity (Wildman–Crippen MR) is 95.9 cm³/mol. The molecule has 1 rings (SSSR count). The van der Waals surface area contributed by atoms with E-state index < -0.39 is 0 Å². The van der Waals surface area contributed by atoms with Gasteiger partial charge in [0.25, 0.3) is 0 Å². The summed E-state index contributed by atoms with van der Waals surface area (Å²) in [4.78, 5) is 2.08. The van der Waals surface area contributed by atoms with Crippen LogP contribution in [0, 0.1) is 5.92 Å². The number of hydrogen-bond donors (Lipinski definition) is 2. The fraction of sp³-hybridized carbons (Fsp3) is 0.263. The highest BCUT2D eigenvalue weighted by molar-refractivity contribution is 5.68. The molecule has 0 unspecified atom stereocenters. The molecule has 1 atom stereocenters. The number of hydroxylamine groups is 1. The van der Waals surface area contributed by atoms with Crippen molar-refractivity contribution < 1.29 is 5.21 Å². The first-order valence-corrected chi connectivity index (χ1v) is 7.27. The minimum atomic E-state index is 0.227. The molecule has 0 saturated heterocycles. The van der Waals surface area contributed by atoms with Gasteiger partial charge in [-0.25, -0.2) is 0 Å². The minimum Gasteiger partial charge on any atom is -0.378 e. The third-order valence-corrected chi connectivity index (χ3v) is 3.51. The van der Waals surface area contributed by atoms with E-state index in [0.29, 0.717) is 5.70 Å². The number of rotatable bonds is 7. The van der Waals surface area contributed by atoms with Crippen LogP contribution in [-0.2, 0) is 0 Å². The standard InChI is InChI=1S/C19H26N2O/c1-14(7-8-16(3)20-22)13-15(2)17(4)18-9-11-19(12-10-18)21(5)6/h7-13,15,20,22H,3-4H2,1-2,5-6H3/b8-7+,14-13+/t15-/m1/s1. The van der Waals surface area contributed by atoms with Crippen LogP contribution in [0.25, 0.3) is 5.57 Å². The molecule has 0 aliphatic rings. The van der Waals surface area contributed by atoms with Crippen molar-refractivity contribution in [1.29, 1.82) is 0 Å². The summed E-state index contributed by atoms with van der Waals surface area (Å²) in [6, 6.07) is 8.40.